The number of nitriles is 1. The summed E-state index contributed by atoms with van der Waals surface area (Å²) in [6.07, 6.45) is 1.44. The van der Waals surface area contributed by atoms with Crippen LogP contribution >= 0.6 is 0 Å². The highest BCUT2D eigenvalue weighted by molar-refractivity contribution is 4.41. The van der Waals surface area contributed by atoms with Crippen LogP contribution in [0.15, 0.2) is 0 Å². The largest absolute Gasteiger partial charge is 0.398 e. The second-order valence-corrected chi connectivity index (χ2v) is 0.642. The van der Waals surface area contributed by atoms with Crippen molar-refractivity contribution in [2.45, 2.75) is 0 Å². The summed E-state index contributed by atoms with van der Waals surface area (Å²) in [6, 6.07) is 0. The van der Waals surface area contributed by atoms with Crippen molar-refractivity contribution in [2.24, 2.45) is 0 Å². The Kier molecular flexibility index (Phi) is 3.72. The lowest BCUT2D eigenvalue weighted by molar-refractivity contribution is 0.0288. The first-order chi connectivity index (χ1) is 2.91. The molecule has 0 rings (SSSR count). The summed E-state index contributed by atoms with van der Waals surface area (Å²) < 4.78 is 8.40. The van der Waals surface area contributed by atoms with Crippen LogP contribution in [0.3, 0.4) is 0 Å². The second-order valence-electron chi connectivity index (χ2n) is 0.642. The molecule has 0 aromatic carbocycles. The number of nitrogens with zero attached hydrogens (tertiary/aromatic N) is 1. The van der Waals surface area contributed by atoms with Gasteiger partial charge in [-0.2, -0.15) is 5.26 Å². The average Bonchev–Trinajstić information content (AvgIpc) is 1.61. The predicted molar refractivity (Wildman–Crippen MR) is 18.6 cm³/mol. The van der Waals surface area contributed by atoms with E-state index in [0.717, 1.165) is 0 Å². The predicted octanol–water partition coefficient (Wildman–Crippen LogP) is 0.0880. The average molecular weight is 87.1 g/mol. The van der Waals surface area contributed by atoms with E-state index in [0.29, 0.717) is 0 Å². The zero-order valence-electron chi connectivity index (χ0n) is 3.47. The molecule has 0 aliphatic heterocycles. The topological polar surface area (TPSA) is 42.2 Å². The number of hydrogen-bond donors (Lipinski definition) is 0. The van der Waals surface area contributed by atoms with E-state index in [2.05, 4.69) is 9.47 Å². The summed E-state index contributed by atoms with van der Waals surface area (Å²) in [7, 11) is 1.46. The molecule has 3 heteroatoms. The molecule has 0 aliphatic carbocycles. The Morgan fingerprint density at radius 2 is 2.50 bits per heavy atom. The van der Waals surface area contributed by atoms with Crippen molar-refractivity contribution in [1.29, 1.82) is 5.26 Å². The Hall–Kier alpha value is -0.750. The lowest BCUT2D eigenvalue weighted by Gasteiger charge is -1.86. The molecular weight excluding hydrogens is 82.0 g/mol. The zero-order valence-corrected chi connectivity index (χ0v) is 3.47. The highest BCUT2D eigenvalue weighted by atomic mass is 16.7. The molecule has 0 atom stereocenters. The van der Waals surface area contributed by atoms with Gasteiger partial charge in [-0.05, 0) is 0 Å². The van der Waals surface area contributed by atoms with Crippen LogP contribution in [0.1, 0.15) is 0 Å². The van der Waals surface area contributed by atoms with Gasteiger partial charge in [-0.25, -0.2) is 0 Å². The molecule has 0 aliphatic rings. The van der Waals surface area contributed by atoms with Crippen LogP contribution in [0.5, 0.6) is 0 Å². The first-order valence-electron chi connectivity index (χ1n) is 1.41. The molecule has 6 heavy (non-hydrogen) atoms. The fraction of sp³-hybridized carbons (Fsp3) is 0.667. The Bertz CT molecular complexity index is 56.3. The Morgan fingerprint density at radius 3 is 2.67 bits per heavy atom. The number of methoxy groups -OCH3 is 1. The molecule has 0 spiro atoms. The van der Waals surface area contributed by atoms with E-state index in [-0.39, 0.29) is 6.79 Å². The molecule has 0 fully saturated rings. The molecule has 0 aromatic rings. The van der Waals surface area contributed by atoms with Crippen molar-refractivity contribution in [2.75, 3.05) is 13.9 Å². The van der Waals surface area contributed by atoms with Crippen LogP contribution in [-0.2, 0) is 9.47 Å². The molecule has 0 radical (unpaired) electrons. The lowest BCUT2D eigenvalue weighted by atomic mass is 11.3. The lowest BCUT2D eigenvalue weighted by Crippen LogP contribution is -1.87. The maximum atomic E-state index is 7.65. The van der Waals surface area contributed by atoms with Crippen LogP contribution in [0.4, 0.5) is 0 Å². The molecule has 0 aromatic heterocycles. The molecule has 0 amide bonds. The van der Waals surface area contributed by atoms with Crippen LogP contribution in [0, 0.1) is 11.5 Å². The smallest absolute Gasteiger partial charge is 0.288 e. The van der Waals surface area contributed by atoms with Gasteiger partial charge in [-0.3, -0.25) is 0 Å². The van der Waals surface area contributed by atoms with Crippen molar-refractivity contribution in [3.05, 3.63) is 0 Å². The fourth-order valence-electron chi connectivity index (χ4n) is 0.0853. The van der Waals surface area contributed by atoms with E-state index < -0.39 is 0 Å². The zero-order chi connectivity index (χ0) is 4.83. The Labute approximate surface area is 36.1 Å². The number of rotatable bonds is 2. The molecule has 0 heterocycles. The maximum Gasteiger partial charge on any atom is 0.288 e. The van der Waals surface area contributed by atoms with Crippen molar-refractivity contribution < 1.29 is 9.47 Å². The fourth-order valence-corrected chi connectivity index (χ4v) is 0.0853. The minimum Gasteiger partial charge on any atom is -0.398 e. The van der Waals surface area contributed by atoms with Gasteiger partial charge in [0.2, 0.25) is 6.79 Å². The van der Waals surface area contributed by atoms with E-state index in [1.807, 2.05) is 0 Å². The SMILES string of the molecule is COCOC#N. The third-order valence-corrected chi connectivity index (χ3v) is 0.241. The maximum absolute atomic E-state index is 7.65. The standard InChI is InChI=1S/C3H5NO2/c1-5-3-6-2-4/h3H2,1H3. The van der Waals surface area contributed by atoms with Crippen LogP contribution in [0.25, 0.3) is 0 Å². The highest BCUT2D eigenvalue weighted by Gasteiger charge is 1.69. The number of hydrogen-bond acceptors (Lipinski definition) is 3. The molecule has 0 saturated heterocycles. The van der Waals surface area contributed by atoms with E-state index >= 15 is 0 Å². The van der Waals surface area contributed by atoms with Gasteiger partial charge in [-0.15, -0.1) is 0 Å². The normalized spacial score (nSPS) is 6.67. The van der Waals surface area contributed by atoms with Gasteiger partial charge in [0.15, 0.2) is 0 Å². The van der Waals surface area contributed by atoms with Gasteiger partial charge >= 0.3 is 0 Å². The second kappa shape index (κ2) is 4.25. The monoisotopic (exact) mass is 87.0 g/mol. The Balaban J connectivity index is 2.54. The van der Waals surface area contributed by atoms with E-state index in [1.54, 1.807) is 0 Å². The van der Waals surface area contributed by atoms with E-state index in [4.69, 9.17) is 5.26 Å². The van der Waals surface area contributed by atoms with Gasteiger partial charge in [0.25, 0.3) is 6.26 Å². The summed E-state index contributed by atoms with van der Waals surface area (Å²) in [4.78, 5) is 0. The highest BCUT2D eigenvalue weighted by Crippen LogP contribution is 1.64. The summed E-state index contributed by atoms with van der Waals surface area (Å²) in [5.74, 6) is 0. The Morgan fingerprint density at radius 1 is 1.83 bits per heavy atom. The van der Waals surface area contributed by atoms with Crippen LogP contribution < -0.4 is 0 Å². The van der Waals surface area contributed by atoms with Gasteiger partial charge in [0.1, 0.15) is 0 Å². The molecule has 0 bridgehead atoms. The summed E-state index contributed by atoms with van der Waals surface area (Å²) in [5.41, 5.74) is 0. The minimum atomic E-state index is 0.0521. The van der Waals surface area contributed by atoms with Gasteiger partial charge in [-0.1, -0.05) is 0 Å². The summed E-state index contributed by atoms with van der Waals surface area (Å²) in [6.45, 7) is 0.0521. The third kappa shape index (κ3) is 3.25. The van der Waals surface area contributed by atoms with Crippen LogP contribution in [-0.4, -0.2) is 13.9 Å². The third-order valence-electron chi connectivity index (χ3n) is 0.241. The molecule has 0 unspecified atom stereocenters. The first-order valence-corrected chi connectivity index (χ1v) is 1.41. The summed E-state index contributed by atoms with van der Waals surface area (Å²) in [5, 5.41) is 7.65. The molecular formula is C3H5NO2. The van der Waals surface area contributed by atoms with E-state index in [9.17, 15) is 0 Å². The van der Waals surface area contributed by atoms with Crippen molar-refractivity contribution in [1.82, 2.24) is 0 Å². The quantitative estimate of drug-likeness (QED) is 0.272. The van der Waals surface area contributed by atoms with Crippen molar-refractivity contribution in [3.63, 3.8) is 0 Å². The molecule has 0 N–H and O–H groups in total. The molecule has 0 saturated carbocycles. The summed E-state index contributed by atoms with van der Waals surface area (Å²) >= 11 is 0. The van der Waals surface area contributed by atoms with Crippen LogP contribution in [0.2, 0.25) is 0 Å². The number of ether oxygens (including phenoxy) is 2. The molecule has 34 valence electrons. The van der Waals surface area contributed by atoms with Gasteiger partial charge in [0.05, 0.1) is 0 Å². The van der Waals surface area contributed by atoms with E-state index in [1.165, 1.54) is 13.4 Å². The molecule has 3 nitrogen and oxygen atoms in total. The van der Waals surface area contributed by atoms with Gasteiger partial charge in [0, 0.05) is 7.11 Å². The van der Waals surface area contributed by atoms with Crippen molar-refractivity contribution >= 4 is 0 Å². The van der Waals surface area contributed by atoms with Crippen molar-refractivity contribution in [3.8, 4) is 6.26 Å². The van der Waals surface area contributed by atoms with Gasteiger partial charge < -0.3 is 9.47 Å². The minimum absolute atomic E-state index is 0.0521. The first kappa shape index (κ1) is 5.25.